The van der Waals surface area contributed by atoms with Gasteiger partial charge >= 0.3 is 0 Å². The van der Waals surface area contributed by atoms with Crippen molar-refractivity contribution in [1.82, 2.24) is 5.32 Å². The third-order valence-electron chi connectivity index (χ3n) is 5.64. The Labute approximate surface area is 174 Å². The predicted octanol–water partition coefficient (Wildman–Crippen LogP) is 3.95. The highest BCUT2D eigenvalue weighted by atomic mass is 16.5. The molecular weight excluding hydrogens is 362 g/mol. The van der Waals surface area contributed by atoms with Crippen molar-refractivity contribution in [3.8, 4) is 5.75 Å². The monoisotopic (exact) mass is 395 g/mol. The highest BCUT2D eigenvalue weighted by Crippen LogP contribution is 2.33. The van der Waals surface area contributed by atoms with Crippen LogP contribution < -0.4 is 20.7 Å². The summed E-state index contributed by atoms with van der Waals surface area (Å²) < 4.78 is 5.57. The number of rotatable bonds is 4. The maximum atomic E-state index is 11.6. The number of anilines is 1. The molecule has 0 saturated carbocycles. The lowest BCUT2D eigenvalue weighted by atomic mass is 9.98. The van der Waals surface area contributed by atoms with Crippen LogP contribution in [-0.2, 0) is 17.8 Å². The van der Waals surface area contributed by atoms with E-state index in [1.165, 1.54) is 31.4 Å². The quantitative estimate of drug-likeness (QED) is 0.822. The molecule has 156 valence electrons. The Morgan fingerprint density at radius 2 is 1.97 bits per heavy atom. The van der Waals surface area contributed by atoms with Crippen molar-refractivity contribution in [2.24, 2.45) is 5.73 Å². The minimum Gasteiger partial charge on any atom is -0.494 e. The molecule has 1 saturated heterocycles. The molecule has 0 bridgehead atoms. The highest BCUT2D eigenvalue weighted by Gasteiger charge is 2.22. The van der Waals surface area contributed by atoms with E-state index in [0.717, 1.165) is 29.0 Å². The molecule has 0 spiro atoms. The Hall–Kier alpha value is -2.37. The van der Waals surface area contributed by atoms with Crippen molar-refractivity contribution < 1.29 is 9.53 Å². The summed E-state index contributed by atoms with van der Waals surface area (Å²) in [5, 5.41) is 3.54. The smallest absolute Gasteiger partial charge is 0.227 e. The van der Waals surface area contributed by atoms with Gasteiger partial charge in [0, 0.05) is 37.3 Å². The average molecular weight is 396 g/mol. The number of nitrogens with two attached hydrogens (primary N) is 1. The van der Waals surface area contributed by atoms with Gasteiger partial charge < -0.3 is 20.7 Å². The van der Waals surface area contributed by atoms with Gasteiger partial charge in [-0.3, -0.25) is 4.79 Å². The van der Waals surface area contributed by atoms with Crippen LogP contribution in [-0.4, -0.2) is 26.1 Å². The van der Waals surface area contributed by atoms with Crippen molar-refractivity contribution in [3.05, 3.63) is 59.2 Å². The number of hydrogen-bond donors (Lipinski definition) is 2. The van der Waals surface area contributed by atoms with E-state index in [2.05, 4.69) is 35.6 Å². The second kappa shape index (κ2) is 10.4. The molecular formula is C24H33N3O2. The standard InChI is InChI=1S/C13H18N2O2.C11H15N/c1-3-17-12-7-9-4-5-13(16)15(2)11(9)6-10(12)8-14;1-2-6-10(7-3-1)11-8-4-5-9-12-11/h6-7H,3-5,8,14H2,1-2H3;1-3,6-7,11-12H,4-5,8-9H2/t;11-/m.1/s1. The zero-order valence-corrected chi connectivity index (χ0v) is 17.6. The number of carbonyl (C=O) groups is 1. The molecule has 2 heterocycles. The molecule has 4 rings (SSSR count). The van der Waals surface area contributed by atoms with Crippen LogP contribution in [0.2, 0.25) is 0 Å². The maximum absolute atomic E-state index is 11.6. The summed E-state index contributed by atoms with van der Waals surface area (Å²) in [6, 6.07) is 15.3. The van der Waals surface area contributed by atoms with E-state index in [0.29, 0.717) is 25.6 Å². The zero-order chi connectivity index (χ0) is 20.6. The molecule has 2 aromatic rings. The number of fused-ring (bicyclic) bond motifs is 1. The van der Waals surface area contributed by atoms with Gasteiger partial charge in [0.05, 0.1) is 6.61 Å². The number of nitrogens with zero attached hydrogens (tertiary/aromatic N) is 1. The number of piperidine rings is 1. The predicted molar refractivity (Wildman–Crippen MR) is 118 cm³/mol. The minimum absolute atomic E-state index is 0.157. The van der Waals surface area contributed by atoms with Crippen molar-refractivity contribution in [2.75, 3.05) is 25.1 Å². The number of carbonyl (C=O) groups excluding carboxylic acids is 1. The molecule has 2 aliphatic rings. The van der Waals surface area contributed by atoms with Crippen LogP contribution in [0.4, 0.5) is 5.69 Å². The van der Waals surface area contributed by atoms with Gasteiger partial charge in [-0.15, -0.1) is 0 Å². The van der Waals surface area contributed by atoms with E-state index in [9.17, 15) is 4.79 Å². The van der Waals surface area contributed by atoms with Crippen LogP contribution in [0.15, 0.2) is 42.5 Å². The van der Waals surface area contributed by atoms with Crippen LogP contribution in [0, 0.1) is 0 Å². The average Bonchev–Trinajstić information content (AvgIpc) is 2.78. The first-order chi connectivity index (χ1) is 14.1. The molecule has 0 aliphatic carbocycles. The van der Waals surface area contributed by atoms with Crippen molar-refractivity contribution in [1.29, 1.82) is 0 Å². The summed E-state index contributed by atoms with van der Waals surface area (Å²) in [5.74, 6) is 1.00. The molecule has 0 unspecified atom stereocenters. The zero-order valence-electron chi connectivity index (χ0n) is 17.6. The van der Waals surface area contributed by atoms with Crippen molar-refractivity contribution in [3.63, 3.8) is 0 Å². The Balaban J connectivity index is 0.000000176. The first kappa shape index (κ1) is 21.3. The summed E-state index contributed by atoms with van der Waals surface area (Å²) in [6.45, 7) is 4.18. The number of aryl methyl sites for hydroxylation is 1. The lowest BCUT2D eigenvalue weighted by molar-refractivity contribution is -0.118. The van der Waals surface area contributed by atoms with E-state index < -0.39 is 0 Å². The summed E-state index contributed by atoms with van der Waals surface area (Å²) in [4.78, 5) is 13.3. The second-order valence-electron chi connectivity index (χ2n) is 7.59. The molecule has 0 radical (unpaired) electrons. The van der Waals surface area contributed by atoms with Crippen LogP contribution in [0.25, 0.3) is 0 Å². The van der Waals surface area contributed by atoms with Crippen LogP contribution in [0.1, 0.15) is 55.3 Å². The Kier molecular flexibility index (Phi) is 7.67. The van der Waals surface area contributed by atoms with Gasteiger partial charge in [0.25, 0.3) is 0 Å². The Morgan fingerprint density at radius 1 is 1.17 bits per heavy atom. The number of hydrogen-bond acceptors (Lipinski definition) is 4. The molecule has 2 aromatic carbocycles. The van der Waals surface area contributed by atoms with Gasteiger partial charge in [0.15, 0.2) is 0 Å². The van der Waals surface area contributed by atoms with Gasteiger partial charge in [-0.05, 0) is 56.0 Å². The maximum Gasteiger partial charge on any atom is 0.227 e. The van der Waals surface area contributed by atoms with Gasteiger partial charge in [-0.25, -0.2) is 0 Å². The highest BCUT2D eigenvalue weighted by molar-refractivity contribution is 5.96. The number of benzene rings is 2. The third-order valence-corrected chi connectivity index (χ3v) is 5.64. The first-order valence-electron chi connectivity index (χ1n) is 10.7. The normalized spacial score (nSPS) is 18.5. The molecule has 2 aliphatic heterocycles. The summed E-state index contributed by atoms with van der Waals surface area (Å²) >= 11 is 0. The molecule has 5 nitrogen and oxygen atoms in total. The Bertz CT molecular complexity index is 801. The van der Waals surface area contributed by atoms with E-state index >= 15 is 0 Å². The lowest BCUT2D eigenvalue weighted by Gasteiger charge is -2.27. The summed E-state index contributed by atoms with van der Waals surface area (Å²) in [7, 11) is 1.81. The van der Waals surface area contributed by atoms with Crippen LogP contribution >= 0.6 is 0 Å². The van der Waals surface area contributed by atoms with Gasteiger partial charge in [-0.1, -0.05) is 36.8 Å². The van der Waals surface area contributed by atoms with E-state index in [1.807, 2.05) is 19.1 Å². The topological polar surface area (TPSA) is 67.6 Å². The molecule has 5 heteroatoms. The van der Waals surface area contributed by atoms with Crippen molar-refractivity contribution in [2.45, 2.75) is 51.6 Å². The number of amides is 1. The van der Waals surface area contributed by atoms with E-state index in [-0.39, 0.29) is 5.91 Å². The first-order valence-corrected chi connectivity index (χ1v) is 10.7. The molecule has 29 heavy (non-hydrogen) atoms. The number of ether oxygens (including phenoxy) is 1. The van der Waals surface area contributed by atoms with E-state index in [4.69, 9.17) is 10.5 Å². The SMILES string of the molecule is CCOc1cc2c(cc1CN)N(C)C(=O)CC2.c1ccc([C@H]2CCCCN2)cc1. The van der Waals surface area contributed by atoms with Crippen molar-refractivity contribution >= 4 is 11.6 Å². The minimum atomic E-state index is 0.157. The Morgan fingerprint density at radius 3 is 2.62 bits per heavy atom. The van der Waals surface area contributed by atoms with Gasteiger partial charge in [-0.2, -0.15) is 0 Å². The lowest BCUT2D eigenvalue weighted by Crippen LogP contribution is -2.31. The molecule has 3 N–H and O–H groups in total. The van der Waals surface area contributed by atoms with Crippen LogP contribution in [0.3, 0.4) is 0 Å². The van der Waals surface area contributed by atoms with Gasteiger partial charge in [0.1, 0.15) is 5.75 Å². The molecule has 1 fully saturated rings. The van der Waals surface area contributed by atoms with E-state index in [1.54, 1.807) is 11.9 Å². The van der Waals surface area contributed by atoms with Gasteiger partial charge in [0.2, 0.25) is 5.91 Å². The molecule has 1 atom stereocenters. The van der Waals surface area contributed by atoms with Crippen LogP contribution in [0.5, 0.6) is 5.75 Å². The summed E-state index contributed by atoms with van der Waals surface area (Å²) in [6.07, 6.45) is 5.35. The largest absolute Gasteiger partial charge is 0.494 e. The number of nitrogens with one attached hydrogen (secondary N) is 1. The fourth-order valence-electron chi connectivity index (χ4n) is 3.98. The summed E-state index contributed by atoms with van der Waals surface area (Å²) in [5.41, 5.74) is 10.2. The fraction of sp³-hybridized carbons (Fsp3) is 0.458. The molecule has 0 aromatic heterocycles. The second-order valence-corrected chi connectivity index (χ2v) is 7.59. The molecule has 1 amide bonds. The fourth-order valence-corrected chi connectivity index (χ4v) is 3.98. The third kappa shape index (κ3) is 5.37.